The second-order valence-corrected chi connectivity index (χ2v) is 3.69. The van der Waals surface area contributed by atoms with E-state index in [-0.39, 0.29) is 0 Å². The molecular formula is C12H17N3O2. The number of urea groups is 1. The zero-order valence-corrected chi connectivity index (χ0v) is 9.85. The van der Waals surface area contributed by atoms with Gasteiger partial charge in [0, 0.05) is 12.2 Å². The summed E-state index contributed by atoms with van der Waals surface area (Å²) in [6.07, 6.45) is 1.11. The van der Waals surface area contributed by atoms with Crippen LogP contribution < -0.4 is 11.1 Å². The average Bonchev–Trinajstić information content (AvgIpc) is 2.33. The lowest BCUT2D eigenvalue weighted by molar-refractivity contribution is -0.115. The average molecular weight is 235 g/mol. The second kappa shape index (κ2) is 6.65. The highest BCUT2D eigenvalue weighted by atomic mass is 16.2. The highest BCUT2D eigenvalue weighted by Gasteiger charge is 2.12. The van der Waals surface area contributed by atoms with E-state index < -0.39 is 6.03 Å². The van der Waals surface area contributed by atoms with Gasteiger partial charge in [-0.15, -0.1) is 0 Å². The first-order valence-corrected chi connectivity index (χ1v) is 5.47. The number of imide groups is 1. The lowest BCUT2D eigenvalue weighted by Gasteiger charge is -2.16. The molecule has 1 aromatic rings. The van der Waals surface area contributed by atoms with Crippen LogP contribution in [-0.2, 0) is 4.79 Å². The number of carbonyl (C=O) groups is 2. The van der Waals surface area contributed by atoms with E-state index in [4.69, 9.17) is 5.73 Å². The molecule has 0 aliphatic carbocycles. The van der Waals surface area contributed by atoms with Crippen molar-refractivity contribution in [2.24, 2.45) is 5.73 Å². The van der Waals surface area contributed by atoms with Crippen LogP contribution in [0, 0.1) is 6.92 Å². The molecule has 0 atom stereocenters. The van der Waals surface area contributed by atoms with Crippen molar-refractivity contribution in [2.75, 3.05) is 18.4 Å². The van der Waals surface area contributed by atoms with Crippen LogP contribution in [-0.4, -0.2) is 30.4 Å². The molecule has 0 heterocycles. The molecule has 1 aromatic carbocycles. The Bertz CT molecular complexity index is 393. The van der Waals surface area contributed by atoms with Crippen molar-refractivity contribution >= 4 is 18.1 Å². The molecule has 1 rings (SSSR count). The number of anilines is 1. The zero-order valence-electron chi connectivity index (χ0n) is 9.85. The summed E-state index contributed by atoms with van der Waals surface area (Å²) in [4.78, 5) is 23.6. The third kappa shape index (κ3) is 3.88. The Balaban J connectivity index is 2.64. The maximum atomic E-state index is 11.7. The van der Waals surface area contributed by atoms with Crippen molar-refractivity contribution in [1.82, 2.24) is 4.90 Å². The molecule has 0 aromatic heterocycles. The Labute approximate surface area is 101 Å². The number of nitrogens with one attached hydrogen (secondary N) is 1. The van der Waals surface area contributed by atoms with Gasteiger partial charge in [0.1, 0.15) is 0 Å². The minimum absolute atomic E-state index is 0.331. The van der Waals surface area contributed by atoms with Gasteiger partial charge in [0.25, 0.3) is 0 Å². The van der Waals surface area contributed by atoms with E-state index in [1.165, 1.54) is 0 Å². The van der Waals surface area contributed by atoms with Gasteiger partial charge in [-0.25, -0.2) is 4.79 Å². The third-order valence-corrected chi connectivity index (χ3v) is 2.38. The number of carbonyl (C=O) groups excluding carboxylic acids is 2. The molecule has 0 saturated heterocycles. The number of hydrogen-bond acceptors (Lipinski definition) is 3. The maximum Gasteiger partial charge on any atom is 0.328 e. The van der Waals surface area contributed by atoms with Gasteiger partial charge >= 0.3 is 6.03 Å². The minimum atomic E-state index is -0.428. The van der Waals surface area contributed by atoms with Crippen molar-refractivity contribution in [3.63, 3.8) is 0 Å². The van der Waals surface area contributed by atoms with Gasteiger partial charge in [-0.3, -0.25) is 9.69 Å². The van der Waals surface area contributed by atoms with Crippen LogP contribution in [0.1, 0.15) is 12.0 Å². The molecule has 0 bridgehead atoms. The van der Waals surface area contributed by atoms with E-state index in [2.05, 4.69) is 5.32 Å². The Hall–Kier alpha value is -1.88. The van der Waals surface area contributed by atoms with Crippen LogP contribution in [0.25, 0.3) is 0 Å². The van der Waals surface area contributed by atoms with Gasteiger partial charge in [-0.2, -0.15) is 0 Å². The van der Waals surface area contributed by atoms with Gasteiger partial charge in [0.2, 0.25) is 6.41 Å². The Morgan fingerprint density at radius 1 is 1.47 bits per heavy atom. The molecule has 0 spiro atoms. The van der Waals surface area contributed by atoms with Crippen molar-refractivity contribution in [3.05, 3.63) is 29.8 Å². The van der Waals surface area contributed by atoms with E-state index in [9.17, 15) is 9.59 Å². The van der Waals surface area contributed by atoms with E-state index in [1.807, 2.05) is 25.1 Å². The summed E-state index contributed by atoms with van der Waals surface area (Å²) in [6.45, 7) is 2.67. The summed E-state index contributed by atoms with van der Waals surface area (Å²) < 4.78 is 0. The van der Waals surface area contributed by atoms with Crippen LogP contribution in [0.5, 0.6) is 0 Å². The monoisotopic (exact) mass is 235 g/mol. The first-order valence-electron chi connectivity index (χ1n) is 5.47. The summed E-state index contributed by atoms with van der Waals surface area (Å²) in [5, 5.41) is 2.69. The number of para-hydroxylation sites is 1. The number of nitrogens with two attached hydrogens (primary N) is 1. The molecular weight excluding hydrogens is 218 g/mol. The summed E-state index contributed by atoms with van der Waals surface area (Å²) in [6, 6.07) is 6.97. The molecule has 0 fully saturated rings. The lowest BCUT2D eigenvalue weighted by atomic mass is 10.2. The van der Waals surface area contributed by atoms with Gasteiger partial charge in [-0.05, 0) is 31.5 Å². The molecule has 0 unspecified atom stereocenters. The van der Waals surface area contributed by atoms with Gasteiger partial charge in [0.15, 0.2) is 0 Å². The number of aryl methyl sites for hydroxylation is 1. The van der Waals surface area contributed by atoms with Crippen molar-refractivity contribution in [3.8, 4) is 0 Å². The number of hydrogen-bond donors (Lipinski definition) is 2. The molecule has 17 heavy (non-hydrogen) atoms. The molecule has 5 heteroatoms. The van der Waals surface area contributed by atoms with Gasteiger partial charge in [0.05, 0.1) is 0 Å². The molecule has 3 N–H and O–H groups in total. The quantitative estimate of drug-likeness (QED) is 0.756. The van der Waals surface area contributed by atoms with Crippen molar-refractivity contribution in [2.45, 2.75) is 13.3 Å². The van der Waals surface area contributed by atoms with E-state index in [0.29, 0.717) is 31.6 Å². The first-order chi connectivity index (χ1) is 8.19. The molecule has 0 saturated carbocycles. The zero-order chi connectivity index (χ0) is 12.7. The van der Waals surface area contributed by atoms with Crippen LogP contribution in [0.3, 0.4) is 0 Å². The third-order valence-electron chi connectivity index (χ3n) is 2.38. The minimum Gasteiger partial charge on any atom is -0.330 e. The smallest absolute Gasteiger partial charge is 0.328 e. The fourth-order valence-electron chi connectivity index (χ4n) is 1.36. The van der Waals surface area contributed by atoms with Crippen LogP contribution in [0.2, 0.25) is 0 Å². The second-order valence-electron chi connectivity index (χ2n) is 3.69. The van der Waals surface area contributed by atoms with E-state index >= 15 is 0 Å². The normalized spacial score (nSPS) is 9.76. The van der Waals surface area contributed by atoms with Gasteiger partial charge in [-0.1, -0.05) is 18.2 Å². The largest absolute Gasteiger partial charge is 0.330 e. The number of amides is 3. The Morgan fingerprint density at radius 3 is 2.76 bits per heavy atom. The van der Waals surface area contributed by atoms with Crippen LogP contribution in [0.4, 0.5) is 10.5 Å². The highest BCUT2D eigenvalue weighted by molar-refractivity contribution is 5.95. The molecule has 92 valence electrons. The number of nitrogens with zero attached hydrogens (tertiary/aromatic N) is 1. The van der Waals surface area contributed by atoms with Crippen LogP contribution in [0.15, 0.2) is 24.3 Å². The fraction of sp³-hybridized carbons (Fsp3) is 0.333. The molecule has 3 amide bonds. The summed E-state index contributed by atoms with van der Waals surface area (Å²) in [5.41, 5.74) is 6.99. The lowest BCUT2D eigenvalue weighted by Crippen LogP contribution is -2.35. The summed E-state index contributed by atoms with van der Waals surface area (Å²) >= 11 is 0. The predicted molar refractivity (Wildman–Crippen MR) is 66.6 cm³/mol. The Kier molecular flexibility index (Phi) is 5.16. The van der Waals surface area contributed by atoms with E-state index in [0.717, 1.165) is 10.5 Å². The predicted octanol–water partition coefficient (Wildman–Crippen LogP) is 1.33. The fourth-order valence-corrected chi connectivity index (χ4v) is 1.36. The van der Waals surface area contributed by atoms with Crippen LogP contribution >= 0.6 is 0 Å². The van der Waals surface area contributed by atoms with Crippen molar-refractivity contribution in [1.29, 1.82) is 0 Å². The summed E-state index contributed by atoms with van der Waals surface area (Å²) in [7, 11) is 0. The molecule has 0 aliphatic rings. The molecule has 0 aliphatic heterocycles. The SMILES string of the molecule is Cc1ccccc1NC(=O)N(C=O)CCCN. The standard InChI is InChI=1S/C12H17N3O2/c1-10-5-2-3-6-11(10)14-12(17)15(9-16)8-4-7-13/h2-3,5-6,9H,4,7-8,13H2,1H3,(H,14,17). The first kappa shape index (κ1) is 13.2. The highest BCUT2D eigenvalue weighted by Crippen LogP contribution is 2.13. The number of rotatable bonds is 5. The van der Waals surface area contributed by atoms with E-state index in [1.54, 1.807) is 6.07 Å². The number of benzene rings is 1. The Morgan fingerprint density at radius 2 is 2.18 bits per heavy atom. The molecule has 0 radical (unpaired) electrons. The molecule has 5 nitrogen and oxygen atoms in total. The van der Waals surface area contributed by atoms with Gasteiger partial charge < -0.3 is 11.1 Å². The summed E-state index contributed by atoms with van der Waals surface area (Å²) in [5.74, 6) is 0. The van der Waals surface area contributed by atoms with Crippen molar-refractivity contribution < 1.29 is 9.59 Å². The maximum absolute atomic E-state index is 11.7. The topological polar surface area (TPSA) is 75.4 Å².